The number of amides is 1. The maximum absolute atomic E-state index is 13.5. The van der Waals surface area contributed by atoms with Crippen LogP contribution in [0.1, 0.15) is 44.6 Å². The number of carbonyl (C=O) groups is 1. The molecule has 0 atom stereocenters. The Bertz CT molecular complexity index is 986. The molecule has 0 heterocycles. The van der Waals surface area contributed by atoms with Crippen LogP contribution in [-0.2, 0) is 21.4 Å². The fraction of sp³-hybridized carbons (Fsp3) is 0.458. The van der Waals surface area contributed by atoms with Crippen LogP contribution in [0.2, 0.25) is 0 Å². The van der Waals surface area contributed by atoms with Crippen LogP contribution >= 0.6 is 0 Å². The van der Waals surface area contributed by atoms with Gasteiger partial charge in [-0.15, -0.1) is 0 Å². The van der Waals surface area contributed by atoms with E-state index in [-0.39, 0.29) is 29.9 Å². The van der Waals surface area contributed by atoms with Gasteiger partial charge in [-0.1, -0.05) is 37.5 Å². The quantitative estimate of drug-likeness (QED) is 0.584. The zero-order valence-electron chi connectivity index (χ0n) is 18.7. The van der Waals surface area contributed by atoms with Crippen LogP contribution in [0.15, 0.2) is 53.4 Å². The molecule has 3 rings (SSSR count). The van der Waals surface area contributed by atoms with Gasteiger partial charge in [0, 0.05) is 18.2 Å². The number of benzene rings is 2. The summed E-state index contributed by atoms with van der Waals surface area (Å²) >= 11 is 0. The largest absolute Gasteiger partial charge is 0.496 e. The molecule has 1 saturated carbocycles. The fourth-order valence-electron chi connectivity index (χ4n) is 4.03. The Hall–Kier alpha value is -2.58. The number of rotatable bonds is 10. The van der Waals surface area contributed by atoms with Gasteiger partial charge in [0.05, 0.1) is 25.2 Å². The number of hydrogen-bond acceptors (Lipinski definition) is 5. The van der Waals surface area contributed by atoms with E-state index in [4.69, 9.17) is 9.47 Å². The molecule has 1 amide bonds. The van der Waals surface area contributed by atoms with Crippen molar-refractivity contribution < 1.29 is 22.7 Å². The number of carbonyl (C=O) groups excluding carboxylic acids is 1. The van der Waals surface area contributed by atoms with Crippen molar-refractivity contribution in [1.29, 1.82) is 0 Å². The summed E-state index contributed by atoms with van der Waals surface area (Å²) < 4.78 is 39.1. The first-order valence-electron chi connectivity index (χ1n) is 11.1. The van der Waals surface area contributed by atoms with E-state index < -0.39 is 10.0 Å². The molecule has 32 heavy (non-hydrogen) atoms. The Morgan fingerprint density at radius 3 is 2.41 bits per heavy atom. The predicted molar refractivity (Wildman–Crippen MR) is 123 cm³/mol. The molecule has 0 spiro atoms. The van der Waals surface area contributed by atoms with E-state index in [9.17, 15) is 13.2 Å². The first kappa shape index (κ1) is 24.1. The molecular formula is C24H32N2O5S. The summed E-state index contributed by atoms with van der Waals surface area (Å²) in [4.78, 5) is 13.0. The van der Waals surface area contributed by atoms with Crippen molar-refractivity contribution in [1.82, 2.24) is 9.62 Å². The maximum atomic E-state index is 13.5. The second-order valence-corrected chi connectivity index (χ2v) is 9.73. The number of nitrogens with zero attached hydrogens (tertiary/aromatic N) is 1. The molecule has 1 fully saturated rings. The highest BCUT2D eigenvalue weighted by atomic mass is 32.2. The third-order valence-corrected chi connectivity index (χ3v) is 7.60. The number of sulfonamides is 1. The highest BCUT2D eigenvalue weighted by Crippen LogP contribution is 2.28. The lowest BCUT2D eigenvalue weighted by Gasteiger charge is -2.33. The summed E-state index contributed by atoms with van der Waals surface area (Å²) in [6.07, 6.45) is 4.53. The van der Waals surface area contributed by atoms with E-state index in [1.54, 1.807) is 31.4 Å². The highest BCUT2D eigenvalue weighted by Gasteiger charge is 2.34. The molecule has 2 aromatic rings. The monoisotopic (exact) mass is 460 g/mol. The van der Waals surface area contributed by atoms with Crippen LogP contribution in [0.4, 0.5) is 0 Å². The molecule has 174 valence electrons. The molecule has 0 saturated heterocycles. The average molecular weight is 461 g/mol. The van der Waals surface area contributed by atoms with Crippen molar-refractivity contribution in [3.05, 3.63) is 54.1 Å². The zero-order chi connectivity index (χ0) is 23.0. The summed E-state index contributed by atoms with van der Waals surface area (Å²) in [6, 6.07) is 13.6. The second-order valence-electron chi connectivity index (χ2n) is 7.84. The first-order valence-corrected chi connectivity index (χ1v) is 12.5. The Balaban J connectivity index is 1.76. The number of hydrogen-bond donors (Lipinski definition) is 1. The molecule has 0 aromatic heterocycles. The van der Waals surface area contributed by atoms with Gasteiger partial charge in [0.25, 0.3) is 0 Å². The van der Waals surface area contributed by atoms with Gasteiger partial charge >= 0.3 is 0 Å². The maximum Gasteiger partial charge on any atom is 0.243 e. The van der Waals surface area contributed by atoms with E-state index in [1.165, 1.54) is 4.31 Å². The minimum absolute atomic E-state index is 0.170. The summed E-state index contributed by atoms with van der Waals surface area (Å²) in [5.74, 6) is 0.958. The van der Waals surface area contributed by atoms with Gasteiger partial charge in [-0.05, 0) is 50.1 Å². The third kappa shape index (κ3) is 6.01. The van der Waals surface area contributed by atoms with Gasteiger partial charge in [-0.25, -0.2) is 8.42 Å². The van der Waals surface area contributed by atoms with E-state index >= 15 is 0 Å². The lowest BCUT2D eigenvalue weighted by Crippen LogP contribution is -2.46. The van der Waals surface area contributed by atoms with E-state index in [1.807, 2.05) is 31.2 Å². The van der Waals surface area contributed by atoms with Crippen molar-refractivity contribution in [2.75, 3.05) is 20.3 Å². The third-order valence-electron chi connectivity index (χ3n) is 5.69. The first-order chi connectivity index (χ1) is 15.5. The molecule has 2 aromatic carbocycles. The number of nitrogens with one attached hydrogen (secondary N) is 1. The Kier molecular flexibility index (Phi) is 8.53. The SMILES string of the molecule is CCOc1ccc(S(=O)(=O)N(CC(=O)NCc2ccccc2OC)C2CCCCC2)cc1. The minimum atomic E-state index is -3.83. The fourth-order valence-corrected chi connectivity index (χ4v) is 5.67. The van der Waals surface area contributed by atoms with E-state index in [2.05, 4.69) is 5.32 Å². The normalized spacial score (nSPS) is 14.8. The highest BCUT2D eigenvalue weighted by molar-refractivity contribution is 7.89. The second kappa shape index (κ2) is 11.3. The van der Waals surface area contributed by atoms with Gasteiger partial charge < -0.3 is 14.8 Å². The Morgan fingerprint density at radius 1 is 1.06 bits per heavy atom. The summed E-state index contributed by atoms with van der Waals surface area (Å²) in [5, 5.41) is 2.85. The van der Waals surface area contributed by atoms with E-state index in [0.29, 0.717) is 18.1 Å². The van der Waals surface area contributed by atoms with Gasteiger partial charge in [0.1, 0.15) is 11.5 Å². The van der Waals surface area contributed by atoms with Crippen LogP contribution in [0, 0.1) is 0 Å². The van der Waals surface area contributed by atoms with Crippen LogP contribution in [-0.4, -0.2) is 44.9 Å². The van der Waals surface area contributed by atoms with Crippen LogP contribution in [0.25, 0.3) is 0 Å². The van der Waals surface area contributed by atoms with Gasteiger partial charge in [0.15, 0.2) is 0 Å². The smallest absolute Gasteiger partial charge is 0.243 e. The topological polar surface area (TPSA) is 84.9 Å². The molecule has 0 bridgehead atoms. The number of para-hydroxylation sites is 1. The molecular weight excluding hydrogens is 428 g/mol. The molecule has 0 radical (unpaired) electrons. The zero-order valence-corrected chi connectivity index (χ0v) is 19.6. The van der Waals surface area contributed by atoms with Gasteiger partial charge in [0.2, 0.25) is 15.9 Å². The summed E-state index contributed by atoms with van der Waals surface area (Å²) in [6.45, 7) is 2.44. The molecule has 1 aliphatic rings. The molecule has 0 aliphatic heterocycles. The van der Waals surface area contributed by atoms with Crippen molar-refractivity contribution in [2.45, 2.75) is 56.5 Å². The molecule has 1 N–H and O–H groups in total. The van der Waals surface area contributed by atoms with Crippen LogP contribution < -0.4 is 14.8 Å². The minimum Gasteiger partial charge on any atom is -0.496 e. The van der Waals surface area contributed by atoms with Crippen molar-refractivity contribution in [3.63, 3.8) is 0 Å². The lowest BCUT2D eigenvalue weighted by atomic mass is 9.95. The van der Waals surface area contributed by atoms with Gasteiger partial charge in [-0.2, -0.15) is 4.31 Å². The Labute approximate surface area is 190 Å². The number of methoxy groups -OCH3 is 1. The molecule has 1 aliphatic carbocycles. The predicted octanol–water partition coefficient (Wildman–Crippen LogP) is 3.73. The molecule has 0 unspecified atom stereocenters. The van der Waals surface area contributed by atoms with Crippen LogP contribution in [0.5, 0.6) is 11.5 Å². The van der Waals surface area contributed by atoms with Crippen LogP contribution in [0.3, 0.4) is 0 Å². The average Bonchev–Trinajstić information content (AvgIpc) is 2.82. The van der Waals surface area contributed by atoms with E-state index in [0.717, 1.165) is 37.7 Å². The van der Waals surface area contributed by atoms with Crippen molar-refractivity contribution in [3.8, 4) is 11.5 Å². The molecule has 8 heteroatoms. The van der Waals surface area contributed by atoms with Crippen molar-refractivity contribution in [2.24, 2.45) is 0 Å². The Morgan fingerprint density at radius 2 is 1.75 bits per heavy atom. The summed E-state index contributed by atoms with van der Waals surface area (Å²) in [7, 11) is -2.25. The lowest BCUT2D eigenvalue weighted by molar-refractivity contribution is -0.121. The van der Waals surface area contributed by atoms with Crippen molar-refractivity contribution >= 4 is 15.9 Å². The number of ether oxygens (including phenoxy) is 2. The molecule has 7 nitrogen and oxygen atoms in total. The standard InChI is InChI=1S/C24H32N2O5S/c1-3-31-21-13-15-22(16-14-21)32(28,29)26(20-10-5-4-6-11-20)18-24(27)25-17-19-9-7-8-12-23(19)30-2/h7-9,12-16,20H,3-6,10-11,17-18H2,1-2H3,(H,25,27). The summed E-state index contributed by atoms with van der Waals surface area (Å²) in [5.41, 5.74) is 0.835. The van der Waals surface area contributed by atoms with Gasteiger partial charge in [-0.3, -0.25) is 4.79 Å².